The van der Waals surface area contributed by atoms with Gasteiger partial charge in [0.05, 0.1) is 12.4 Å². The molecular formula is C21H30F3N3O4S. The summed E-state index contributed by atoms with van der Waals surface area (Å²) >= 11 is 0. The summed E-state index contributed by atoms with van der Waals surface area (Å²) in [4.78, 5) is 13.0. The summed E-state index contributed by atoms with van der Waals surface area (Å²) in [6.07, 6.45) is 1.94. The molecule has 1 aromatic rings. The second-order valence-corrected chi connectivity index (χ2v) is 10.6. The molecule has 3 rings (SSSR count). The van der Waals surface area contributed by atoms with Gasteiger partial charge in [-0.3, -0.25) is 0 Å². The second kappa shape index (κ2) is 9.96. The number of sulfonamides is 1. The van der Waals surface area contributed by atoms with Gasteiger partial charge in [0, 0.05) is 37.8 Å². The maximum absolute atomic E-state index is 14.0. The third-order valence-corrected chi connectivity index (χ3v) is 8.38. The van der Waals surface area contributed by atoms with Gasteiger partial charge in [0.25, 0.3) is 0 Å². The molecule has 2 aliphatic rings. The van der Waals surface area contributed by atoms with Crippen LogP contribution in [-0.4, -0.2) is 67.8 Å². The lowest BCUT2D eigenvalue weighted by Crippen LogP contribution is -2.51. The van der Waals surface area contributed by atoms with Gasteiger partial charge in [-0.25, -0.2) is 26.4 Å². The minimum absolute atomic E-state index is 0.0146. The largest absolute Gasteiger partial charge is 0.450 e. The van der Waals surface area contributed by atoms with Crippen LogP contribution in [-0.2, 0) is 21.2 Å². The highest BCUT2D eigenvalue weighted by molar-refractivity contribution is 7.89. The Kier molecular flexibility index (Phi) is 7.72. The molecule has 2 N–H and O–H groups in total. The number of halogens is 3. The van der Waals surface area contributed by atoms with Gasteiger partial charge >= 0.3 is 6.09 Å². The Balaban J connectivity index is 1.62. The molecule has 180 valence electrons. The first-order chi connectivity index (χ1) is 15.0. The molecule has 4 atom stereocenters. The highest BCUT2D eigenvalue weighted by atomic mass is 32.2. The number of nitrogens with two attached hydrogens (primary N) is 1. The van der Waals surface area contributed by atoms with Gasteiger partial charge in [-0.15, -0.1) is 0 Å². The number of carbonyl (C=O) groups excluding carboxylic acids is 1. The van der Waals surface area contributed by atoms with Gasteiger partial charge in [-0.1, -0.05) is 0 Å². The number of amides is 1. The Labute approximate surface area is 186 Å². The van der Waals surface area contributed by atoms with Crippen LogP contribution < -0.4 is 5.73 Å². The lowest BCUT2D eigenvalue weighted by Gasteiger charge is -2.40. The molecule has 0 radical (unpaired) electrons. The lowest BCUT2D eigenvalue weighted by atomic mass is 9.83. The fraction of sp³-hybridized carbons (Fsp3) is 0.667. The van der Waals surface area contributed by atoms with Gasteiger partial charge in [0.2, 0.25) is 10.0 Å². The first-order valence-electron chi connectivity index (χ1n) is 10.8. The van der Waals surface area contributed by atoms with Crippen molar-refractivity contribution in [2.24, 2.45) is 11.7 Å². The molecule has 0 aliphatic carbocycles. The van der Waals surface area contributed by atoms with Crippen LogP contribution in [0.3, 0.4) is 0 Å². The fourth-order valence-electron chi connectivity index (χ4n) is 4.80. The number of piperidine rings is 1. The predicted molar refractivity (Wildman–Crippen MR) is 113 cm³/mol. The van der Waals surface area contributed by atoms with Crippen LogP contribution >= 0.6 is 0 Å². The number of hydrogen-bond acceptors (Lipinski definition) is 5. The first kappa shape index (κ1) is 24.8. The molecular weight excluding hydrogens is 447 g/mol. The summed E-state index contributed by atoms with van der Waals surface area (Å²) < 4.78 is 73.1. The third-order valence-electron chi connectivity index (χ3n) is 6.44. The van der Waals surface area contributed by atoms with E-state index < -0.39 is 39.6 Å². The van der Waals surface area contributed by atoms with E-state index in [-0.39, 0.29) is 48.9 Å². The van der Waals surface area contributed by atoms with Gasteiger partial charge in [0.1, 0.15) is 5.82 Å². The van der Waals surface area contributed by atoms with Crippen molar-refractivity contribution < 1.29 is 31.1 Å². The van der Waals surface area contributed by atoms with Gasteiger partial charge in [0.15, 0.2) is 11.6 Å². The molecule has 0 aromatic heterocycles. The molecule has 11 heteroatoms. The van der Waals surface area contributed by atoms with E-state index in [0.29, 0.717) is 31.7 Å². The topological polar surface area (TPSA) is 92.9 Å². The van der Waals surface area contributed by atoms with Gasteiger partial charge in [-0.05, 0) is 56.6 Å². The minimum atomic E-state index is -3.60. The van der Waals surface area contributed by atoms with Gasteiger partial charge in [-0.2, -0.15) is 4.31 Å². The molecule has 0 spiro atoms. The molecule has 2 unspecified atom stereocenters. The standard InChI is InChI=1S/C21H30F3N3O4S/c1-3-31-21(28)26(2)6-7-32(29,30)27-15-4-5-16(27)9-14(8-15)20(25)11-13-10-18(23)19(24)12-17(13)22/h10,12,14-16,20H,3-9,11,25H2,1-2H3/t14?,15-,16+,20?. The van der Waals surface area contributed by atoms with Crippen molar-refractivity contribution in [1.82, 2.24) is 9.21 Å². The quantitative estimate of drug-likeness (QED) is 0.581. The summed E-state index contributed by atoms with van der Waals surface area (Å²) in [6.45, 7) is 1.91. The number of nitrogens with zero attached hydrogens (tertiary/aromatic N) is 2. The molecule has 1 amide bonds. The van der Waals surface area contributed by atoms with Crippen LogP contribution in [0.1, 0.15) is 38.2 Å². The molecule has 2 saturated heterocycles. The van der Waals surface area contributed by atoms with Crippen molar-refractivity contribution in [3.63, 3.8) is 0 Å². The normalized spacial score (nSPS) is 24.4. The van der Waals surface area contributed by atoms with Crippen LogP contribution in [0, 0.1) is 23.4 Å². The maximum atomic E-state index is 14.0. The summed E-state index contributed by atoms with van der Waals surface area (Å²) in [6, 6.07) is 0.426. The van der Waals surface area contributed by atoms with E-state index in [9.17, 15) is 26.4 Å². The van der Waals surface area contributed by atoms with Crippen molar-refractivity contribution in [2.45, 2.75) is 57.2 Å². The monoisotopic (exact) mass is 477 g/mol. The van der Waals surface area contributed by atoms with Crippen molar-refractivity contribution in [2.75, 3.05) is 26.0 Å². The summed E-state index contributed by atoms with van der Waals surface area (Å²) in [5.74, 6) is -3.47. The molecule has 2 fully saturated rings. The van der Waals surface area contributed by atoms with E-state index in [0.717, 1.165) is 6.07 Å². The Bertz CT molecular complexity index is 932. The van der Waals surface area contributed by atoms with Crippen LogP contribution in [0.15, 0.2) is 12.1 Å². The Hall–Kier alpha value is -1.85. The average molecular weight is 478 g/mol. The Morgan fingerprint density at radius 2 is 1.78 bits per heavy atom. The van der Waals surface area contributed by atoms with Crippen molar-refractivity contribution in [3.05, 3.63) is 35.1 Å². The van der Waals surface area contributed by atoms with E-state index in [1.807, 2.05) is 0 Å². The number of ether oxygens (including phenoxy) is 1. The summed E-state index contributed by atoms with van der Waals surface area (Å²) in [5, 5.41) is 0. The van der Waals surface area contributed by atoms with Crippen LogP contribution in [0.25, 0.3) is 0 Å². The SMILES string of the molecule is CCOC(=O)N(C)CCS(=O)(=O)N1[C@@H]2CC[C@H]1CC(C(N)Cc1cc(F)c(F)cc1F)C2. The van der Waals surface area contributed by atoms with E-state index in [1.165, 1.54) is 11.9 Å². The van der Waals surface area contributed by atoms with Crippen molar-refractivity contribution in [3.8, 4) is 0 Å². The lowest BCUT2D eigenvalue weighted by molar-refractivity contribution is 0.118. The van der Waals surface area contributed by atoms with E-state index in [1.54, 1.807) is 11.2 Å². The number of hydrogen-bond donors (Lipinski definition) is 1. The Morgan fingerprint density at radius 3 is 2.38 bits per heavy atom. The van der Waals surface area contributed by atoms with Gasteiger partial charge < -0.3 is 15.4 Å². The van der Waals surface area contributed by atoms with Crippen molar-refractivity contribution in [1.29, 1.82) is 0 Å². The van der Waals surface area contributed by atoms with Crippen LogP contribution in [0.5, 0.6) is 0 Å². The molecule has 7 nitrogen and oxygen atoms in total. The predicted octanol–water partition coefficient (Wildman–Crippen LogP) is 2.63. The molecule has 0 saturated carbocycles. The smallest absolute Gasteiger partial charge is 0.409 e. The second-order valence-electron chi connectivity index (χ2n) is 8.61. The zero-order valence-corrected chi connectivity index (χ0v) is 19.1. The molecule has 2 heterocycles. The van der Waals surface area contributed by atoms with E-state index >= 15 is 0 Å². The number of benzene rings is 1. The number of rotatable bonds is 8. The maximum Gasteiger partial charge on any atom is 0.409 e. The number of carbonyl (C=O) groups is 1. The first-order valence-corrected chi connectivity index (χ1v) is 12.4. The zero-order valence-electron chi connectivity index (χ0n) is 18.3. The molecule has 1 aromatic carbocycles. The minimum Gasteiger partial charge on any atom is -0.450 e. The van der Waals surface area contributed by atoms with Crippen molar-refractivity contribution >= 4 is 16.1 Å². The Morgan fingerprint density at radius 1 is 1.19 bits per heavy atom. The summed E-state index contributed by atoms with van der Waals surface area (Å²) in [7, 11) is -2.11. The molecule has 32 heavy (non-hydrogen) atoms. The molecule has 2 bridgehead atoms. The highest BCUT2D eigenvalue weighted by Gasteiger charge is 2.47. The summed E-state index contributed by atoms with van der Waals surface area (Å²) in [5.41, 5.74) is 6.31. The highest BCUT2D eigenvalue weighted by Crippen LogP contribution is 2.42. The third kappa shape index (κ3) is 5.37. The van der Waals surface area contributed by atoms with Crippen LogP contribution in [0.2, 0.25) is 0 Å². The number of fused-ring (bicyclic) bond motifs is 2. The average Bonchev–Trinajstić information content (AvgIpc) is 3.01. The fourth-order valence-corrected chi connectivity index (χ4v) is 6.81. The van der Waals surface area contributed by atoms with E-state index in [4.69, 9.17) is 10.5 Å². The van der Waals surface area contributed by atoms with E-state index in [2.05, 4.69) is 0 Å². The molecule has 2 aliphatic heterocycles. The van der Waals surface area contributed by atoms with Crippen LogP contribution in [0.4, 0.5) is 18.0 Å². The zero-order chi connectivity index (χ0) is 23.6.